The zero-order valence-corrected chi connectivity index (χ0v) is 12.2. The number of fused-ring (bicyclic) bond motifs is 3. The van der Waals surface area contributed by atoms with Crippen LogP contribution in [-0.2, 0) is 24.3 Å². The molecule has 0 saturated carbocycles. The SMILES string of the molecule is CC(=O)CCCn1c2c(c3cnccc31)CN(C)CC2. The van der Waals surface area contributed by atoms with Gasteiger partial charge in [-0.05, 0) is 32.0 Å². The average molecular weight is 271 g/mol. The number of Topliss-reactive ketones (excluding diaryl/α,β-unsaturated/α-hetero) is 1. The Labute approximate surface area is 119 Å². The van der Waals surface area contributed by atoms with Crippen LogP contribution in [0.5, 0.6) is 0 Å². The molecule has 2 aromatic heterocycles. The van der Waals surface area contributed by atoms with Crippen molar-refractivity contribution in [2.24, 2.45) is 0 Å². The molecule has 0 aliphatic carbocycles. The van der Waals surface area contributed by atoms with E-state index in [1.165, 1.54) is 22.2 Å². The molecule has 0 radical (unpaired) electrons. The normalized spacial score (nSPS) is 15.5. The van der Waals surface area contributed by atoms with Gasteiger partial charge in [-0.15, -0.1) is 0 Å². The van der Waals surface area contributed by atoms with E-state index in [0.29, 0.717) is 6.42 Å². The van der Waals surface area contributed by atoms with E-state index >= 15 is 0 Å². The van der Waals surface area contributed by atoms with E-state index in [2.05, 4.69) is 27.6 Å². The number of hydrogen-bond donors (Lipinski definition) is 0. The summed E-state index contributed by atoms with van der Waals surface area (Å²) in [5.74, 6) is 0.275. The first-order valence-corrected chi connectivity index (χ1v) is 7.28. The molecule has 0 fully saturated rings. The van der Waals surface area contributed by atoms with Crippen LogP contribution in [0.2, 0.25) is 0 Å². The second-order valence-corrected chi connectivity index (χ2v) is 5.76. The Morgan fingerprint density at radius 1 is 1.45 bits per heavy atom. The van der Waals surface area contributed by atoms with Gasteiger partial charge in [0.1, 0.15) is 5.78 Å². The summed E-state index contributed by atoms with van der Waals surface area (Å²) < 4.78 is 2.41. The van der Waals surface area contributed by atoms with E-state index < -0.39 is 0 Å². The quantitative estimate of drug-likeness (QED) is 0.857. The number of nitrogens with zero attached hydrogens (tertiary/aromatic N) is 3. The molecule has 4 nitrogen and oxygen atoms in total. The van der Waals surface area contributed by atoms with E-state index in [0.717, 1.165) is 32.5 Å². The van der Waals surface area contributed by atoms with Crippen molar-refractivity contribution in [3.05, 3.63) is 29.7 Å². The van der Waals surface area contributed by atoms with Gasteiger partial charge in [0.05, 0.1) is 5.52 Å². The lowest BCUT2D eigenvalue weighted by Crippen LogP contribution is -2.27. The van der Waals surface area contributed by atoms with Crippen molar-refractivity contribution < 1.29 is 4.79 Å². The van der Waals surface area contributed by atoms with Crippen LogP contribution in [0.25, 0.3) is 10.9 Å². The van der Waals surface area contributed by atoms with E-state index in [9.17, 15) is 4.79 Å². The monoisotopic (exact) mass is 271 g/mol. The average Bonchev–Trinajstić information content (AvgIpc) is 2.73. The summed E-state index contributed by atoms with van der Waals surface area (Å²) in [5, 5.41) is 1.27. The van der Waals surface area contributed by atoms with Gasteiger partial charge in [-0.25, -0.2) is 0 Å². The second-order valence-electron chi connectivity index (χ2n) is 5.76. The van der Waals surface area contributed by atoms with Crippen LogP contribution in [0.15, 0.2) is 18.5 Å². The first-order chi connectivity index (χ1) is 9.66. The maximum atomic E-state index is 11.1. The molecule has 0 atom stereocenters. The number of hydrogen-bond acceptors (Lipinski definition) is 3. The smallest absolute Gasteiger partial charge is 0.129 e. The van der Waals surface area contributed by atoms with Gasteiger partial charge in [0.25, 0.3) is 0 Å². The molecule has 0 aromatic carbocycles. The molecule has 3 heterocycles. The van der Waals surface area contributed by atoms with E-state index in [1.54, 1.807) is 6.92 Å². The fourth-order valence-corrected chi connectivity index (χ4v) is 3.17. The van der Waals surface area contributed by atoms with Crippen LogP contribution in [-0.4, -0.2) is 33.8 Å². The Hall–Kier alpha value is -1.68. The third-order valence-electron chi connectivity index (χ3n) is 4.16. The van der Waals surface area contributed by atoms with Crippen molar-refractivity contribution in [1.82, 2.24) is 14.5 Å². The molecular formula is C16H21N3O. The lowest BCUT2D eigenvalue weighted by Gasteiger charge is -2.24. The van der Waals surface area contributed by atoms with Crippen molar-refractivity contribution >= 4 is 16.7 Å². The maximum Gasteiger partial charge on any atom is 0.129 e. The largest absolute Gasteiger partial charge is 0.344 e. The van der Waals surface area contributed by atoms with Gasteiger partial charge in [-0.2, -0.15) is 0 Å². The Kier molecular flexibility index (Phi) is 3.57. The lowest BCUT2D eigenvalue weighted by molar-refractivity contribution is -0.117. The van der Waals surface area contributed by atoms with Gasteiger partial charge in [-0.3, -0.25) is 4.98 Å². The van der Waals surface area contributed by atoms with Crippen LogP contribution in [0.1, 0.15) is 31.0 Å². The van der Waals surface area contributed by atoms with Crippen molar-refractivity contribution in [1.29, 1.82) is 0 Å². The summed E-state index contributed by atoms with van der Waals surface area (Å²) in [6, 6.07) is 2.10. The molecule has 3 rings (SSSR count). The summed E-state index contributed by atoms with van der Waals surface area (Å²) >= 11 is 0. The number of ketones is 1. The molecule has 0 N–H and O–H groups in total. The molecule has 0 bridgehead atoms. The summed E-state index contributed by atoms with van der Waals surface area (Å²) in [6.07, 6.45) is 6.51. The van der Waals surface area contributed by atoms with Crippen LogP contribution in [0.4, 0.5) is 0 Å². The van der Waals surface area contributed by atoms with Gasteiger partial charge < -0.3 is 14.3 Å². The molecule has 1 aliphatic heterocycles. The number of pyridine rings is 1. The fraction of sp³-hybridized carbons (Fsp3) is 0.500. The first-order valence-electron chi connectivity index (χ1n) is 7.28. The zero-order valence-electron chi connectivity index (χ0n) is 12.2. The molecule has 20 heavy (non-hydrogen) atoms. The van der Waals surface area contributed by atoms with E-state index in [1.807, 2.05) is 12.4 Å². The Morgan fingerprint density at radius 3 is 3.10 bits per heavy atom. The molecular weight excluding hydrogens is 250 g/mol. The number of carbonyl (C=O) groups is 1. The summed E-state index contributed by atoms with van der Waals surface area (Å²) in [5.41, 5.74) is 4.13. The van der Waals surface area contributed by atoms with Gasteiger partial charge >= 0.3 is 0 Å². The standard InChI is InChI=1S/C16H21N3O/c1-12(20)4-3-8-19-15-5-7-17-10-13(15)14-11-18(2)9-6-16(14)19/h5,7,10H,3-4,6,8-9,11H2,1-2H3. The molecule has 4 heteroatoms. The van der Waals surface area contributed by atoms with Gasteiger partial charge in [0.15, 0.2) is 0 Å². The van der Waals surface area contributed by atoms with Gasteiger partial charge in [-0.1, -0.05) is 0 Å². The highest BCUT2D eigenvalue weighted by Gasteiger charge is 2.21. The fourth-order valence-electron chi connectivity index (χ4n) is 3.17. The van der Waals surface area contributed by atoms with Crippen LogP contribution in [0.3, 0.4) is 0 Å². The minimum absolute atomic E-state index is 0.275. The molecule has 0 unspecified atom stereocenters. The van der Waals surface area contributed by atoms with Crippen LogP contribution >= 0.6 is 0 Å². The third kappa shape index (κ3) is 2.36. The zero-order chi connectivity index (χ0) is 14.1. The van der Waals surface area contributed by atoms with E-state index in [-0.39, 0.29) is 5.78 Å². The van der Waals surface area contributed by atoms with Crippen molar-refractivity contribution in [3.8, 4) is 0 Å². The molecule has 1 aliphatic rings. The van der Waals surface area contributed by atoms with Gasteiger partial charge in [0.2, 0.25) is 0 Å². The summed E-state index contributed by atoms with van der Waals surface area (Å²) in [6.45, 7) is 4.70. The van der Waals surface area contributed by atoms with E-state index in [4.69, 9.17) is 0 Å². The Bertz CT molecular complexity index is 644. The molecule has 2 aromatic rings. The third-order valence-corrected chi connectivity index (χ3v) is 4.16. The van der Waals surface area contributed by atoms with Gasteiger partial charge in [0, 0.05) is 55.9 Å². The Morgan fingerprint density at radius 2 is 2.30 bits per heavy atom. The van der Waals surface area contributed by atoms with Crippen molar-refractivity contribution in [2.45, 2.75) is 39.3 Å². The highest BCUT2D eigenvalue weighted by Crippen LogP contribution is 2.30. The van der Waals surface area contributed by atoms with Crippen LogP contribution < -0.4 is 0 Å². The summed E-state index contributed by atoms with van der Waals surface area (Å²) in [4.78, 5) is 17.8. The predicted octanol–water partition coefficient (Wildman–Crippen LogP) is 2.39. The number of carbonyl (C=O) groups excluding carboxylic acids is 1. The minimum Gasteiger partial charge on any atom is -0.344 e. The number of likely N-dealkylation sites (N-methyl/N-ethyl adjacent to an activating group) is 1. The lowest BCUT2D eigenvalue weighted by atomic mass is 10.1. The molecule has 0 spiro atoms. The van der Waals surface area contributed by atoms with Crippen molar-refractivity contribution in [3.63, 3.8) is 0 Å². The predicted molar refractivity (Wildman–Crippen MR) is 79.7 cm³/mol. The molecule has 0 saturated heterocycles. The highest BCUT2D eigenvalue weighted by molar-refractivity contribution is 5.85. The highest BCUT2D eigenvalue weighted by atomic mass is 16.1. The first kappa shape index (κ1) is 13.3. The topological polar surface area (TPSA) is 38.1 Å². The Balaban J connectivity index is 2.00. The van der Waals surface area contributed by atoms with Crippen molar-refractivity contribution in [2.75, 3.05) is 13.6 Å². The maximum absolute atomic E-state index is 11.1. The second kappa shape index (κ2) is 5.37. The number of aromatic nitrogens is 2. The number of rotatable bonds is 4. The molecule has 0 amide bonds. The van der Waals surface area contributed by atoms with Crippen LogP contribution in [0, 0.1) is 0 Å². The minimum atomic E-state index is 0.275. The summed E-state index contributed by atoms with van der Waals surface area (Å²) in [7, 11) is 2.16. The number of aryl methyl sites for hydroxylation is 1. The molecule has 106 valence electrons.